The van der Waals surface area contributed by atoms with E-state index >= 15 is 0 Å². The largest absolute Gasteiger partial charge is 0.454 e. The van der Waals surface area contributed by atoms with Crippen molar-refractivity contribution in [3.05, 3.63) is 59.4 Å². The zero-order valence-corrected chi connectivity index (χ0v) is 14.2. The van der Waals surface area contributed by atoms with Gasteiger partial charge in [0.25, 0.3) is 5.91 Å². The summed E-state index contributed by atoms with van der Waals surface area (Å²) in [7, 11) is 0. The molecule has 0 aliphatic carbocycles. The van der Waals surface area contributed by atoms with Gasteiger partial charge in [0, 0.05) is 6.54 Å². The van der Waals surface area contributed by atoms with Crippen LogP contribution >= 0.6 is 0 Å². The average molecular weight is 359 g/mol. The Kier molecular flexibility index (Phi) is 5.36. The Hall–Kier alpha value is -3.09. The number of esters is 1. The summed E-state index contributed by atoms with van der Waals surface area (Å²) in [6, 6.07) is 11.3. The molecule has 0 saturated heterocycles. The highest BCUT2D eigenvalue weighted by molar-refractivity contribution is 5.83. The molecule has 0 aromatic heterocycles. The monoisotopic (exact) mass is 359 g/mol. The smallest absolute Gasteiger partial charge is 0.311 e. The molecule has 26 heavy (non-hydrogen) atoms. The van der Waals surface area contributed by atoms with Gasteiger partial charge in [-0.2, -0.15) is 0 Å². The van der Waals surface area contributed by atoms with Crippen molar-refractivity contribution in [2.24, 2.45) is 0 Å². The molecular weight excluding hydrogens is 341 g/mol. The van der Waals surface area contributed by atoms with Crippen LogP contribution in [0, 0.1) is 5.82 Å². The van der Waals surface area contributed by atoms with E-state index in [9.17, 15) is 14.0 Å². The van der Waals surface area contributed by atoms with Crippen LogP contribution in [-0.4, -0.2) is 24.8 Å². The highest BCUT2D eigenvalue weighted by Gasteiger charge is 2.19. The summed E-state index contributed by atoms with van der Waals surface area (Å²) in [4.78, 5) is 24.0. The molecule has 2 aromatic rings. The van der Waals surface area contributed by atoms with E-state index in [0.29, 0.717) is 11.5 Å². The third-order valence-corrected chi connectivity index (χ3v) is 3.87. The molecule has 7 heteroatoms. The molecule has 1 N–H and O–H groups in total. The summed E-state index contributed by atoms with van der Waals surface area (Å²) >= 11 is 0. The average Bonchev–Trinajstić information content (AvgIpc) is 3.09. The summed E-state index contributed by atoms with van der Waals surface area (Å²) in [6.45, 7) is 1.90. The van der Waals surface area contributed by atoms with Crippen LogP contribution in [-0.2, 0) is 27.3 Å². The van der Waals surface area contributed by atoms with Gasteiger partial charge in [0.05, 0.1) is 6.42 Å². The number of ether oxygens (including phenoxy) is 3. The number of halogens is 1. The predicted molar refractivity (Wildman–Crippen MR) is 90.1 cm³/mol. The van der Waals surface area contributed by atoms with E-state index in [2.05, 4.69) is 5.32 Å². The second-order valence-corrected chi connectivity index (χ2v) is 5.81. The first-order chi connectivity index (χ1) is 12.5. The van der Waals surface area contributed by atoms with Gasteiger partial charge in [0.15, 0.2) is 17.6 Å². The van der Waals surface area contributed by atoms with Crippen molar-refractivity contribution in [3.8, 4) is 11.5 Å². The van der Waals surface area contributed by atoms with E-state index < -0.39 is 23.8 Å². The molecule has 0 saturated carbocycles. The predicted octanol–water partition coefficient (Wildman–Crippen LogP) is 2.34. The second kappa shape index (κ2) is 7.86. The Morgan fingerprint density at radius 3 is 2.77 bits per heavy atom. The SMILES string of the molecule is C[C@@H](OC(=O)Cc1ccccc1F)C(=O)NCc1ccc2c(c1)OCO2. The lowest BCUT2D eigenvalue weighted by Crippen LogP contribution is -2.35. The van der Waals surface area contributed by atoms with E-state index in [1.807, 2.05) is 6.07 Å². The van der Waals surface area contributed by atoms with E-state index in [4.69, 9.17) is 14.2 Å². The van der Waals surface area contributed by atoms with Crippen LogP contribution in [0.5, 0.6) is 11.5 Å². The first kappa shape index (κ1) is 17.7. The van der Waals surface area contributed by atoms with Gasteiger partial charge in [-0.3, -0.25) is 9.59 Å². The summed E-state index contributed by atoms with van der Waals surface area (Å²) in [5.41, 5.74) is 1.05. The highest BCUT2D eigenvalue weighted by atomic mass is 19.1. The van der Waals surface area contributed by atoms with E-state index in [1.54, 1.807) is 18.2 Å². The number of fused-ring (bicyclic) bond motifs is 1. The van der Waals surface area contributed by atoms with Crippen LogP contribution in [0.25, 0.3) is 0 Å². The van der Waals surface area contributed by atoms with Crippen molar-refractivity contribution >= 4 is 11.9 Å². The summed E-state index contributed by atoms with van der Waals surface area (Å²) in [6.07, 6.45) is -1.21. The number of hydrogen-bond donors (Lipinski definition) is 1. The van der Waals surface area contributed by atoms with Crippen LogP contribution < -0.4 is 14.8 Å². The van der Waals surface area contributed by atoms with Crippen LogP contribution in [0.3, 0.4) is 0 Å². The fourth-order valence-electron chi connectivity index (χ4n) is 2.47. The fourth-order valence-corrected chi connectivity index (χ4v) is 2.47. The topological polar surface area (TPSA) is 73.9 Å². The third kappa shape index (κ3) is 4.30. The lowest BCUT2D eigenvalue weighted by Gasteiger charge is -2.14. The van der Waals surface area contributed by atoms with E-state index in [-0.39, 0.29) is 25.3 Å². The van der Waals surface area contributed by atoms with Gasteiger partial charge in [-0.25, -0.2) is 4.39 Å². The van der Waals surface area contributed by atoms with E-state index in [0.717, 1.165) is 5.56 Å². The molecule has 1 atom stereocenters. The molecule has 6 nitrogen and oxygen atoms in total. The first-order valence-electron chi connectivity index (χ1n) is 8.12. The van der Waals surface area contributed by atoms with Crippen molar-refractivity contribution in [2.75, 3.05) is 6.79 Å². The Morgan fingerprint density at radius 2 is 1.96 bits per heavy atom. The zero-order valence-electron chi connectivity index (χ0n) is 14.2. The lowest BCUT2D eigenvalue weighted by molar-refractivity contribution is -0.154. The minimum Gasteiger partial charge on any atom is -0.454 e. The van der Waals surface area contributed by atoms with Crippen molar-refractivity contribution in [2.45, 2.75) is 26.0 Å². The van der Waals surface area contributed by atoms with Crippen LogP contribution in [0.4, 0.5) is 4.39 Å². The molecule has 0 fully saturated rings. The van der Waals surface area contributed by atoms with Gasteiger partial charge in [0.1, 0.15) is 5.82 Å². The minimum atomic E-state index is -0.983. The number of carbonyl (C=O) groups excluding carboxylic acids is 2. The maximum atomic E-state index is 13.5. The van der Waals surface area contributed by atoms with Gasteiger partial charge < -0.3 is 19.5 Å². The second-order valence-electron chi connectivity index (χ2n) is 5.81. The number of amides is 1. The Labute approximate surface area is 149 Å². The quantitative estimate of drug-likeness (QED) is 0.802. The summed E-state index contributed by atoms with van der Waals surface area (Å²) in [5.74, 6) is -0.300. The number of rotatable bonds is 6. The molecule has 0 spiro atoms. The fraction of sp³-hybridized carbons (Fsp3) is 0.263. The lowest BCUT2D eigenvalue weighted by atomic mass is 10.1. The Balaban J connectivity index is 1.48. The van der Waals surface area contributed by atoms with Crippen LogP contribution in [0.2, 0.25) is 0 Å². The molecule has 136 valence electrons. The molecular formula is C19H18FNO5. The third-order valence-electron chi connectivity index (χ3n) is 3.87. The number of benzene rings is 2. The molecule has 1 heterocycles. The molecule has 2 aromatic carbocycles. The van der Waals surface area contributed by atoms with Crippen molar-refractivity contribution in [1.82, 2.24) is 5.32 Å². The Morgan fingerprint density at radius 1 is 1.19 bits per heavy atom. The molecule has 0 bridgehead atoms. The molecule has 1 aliphatic rings. The molecule has 0 unspecified atom stereocenters. The number of nitrogens with one attached hydrogen (secondary N) is 1. The first-order valence-corrected chi connectivity index (χ1v) is 8.12. The normalized spacial score (nSPS) is 13.2. The number of carbonyl (C=O) groups is 2. The minimum absolute atomic E-state index is 0.181. The maximum Gasteiger partial charge on any atom is 0.311 e. The van der Waals surface area contributed by atoms with Crippen molar-refractivity contribution in [1.29, 1.82) is 0 Å². The van der Waals surface area contributed by atoms with Crippen LogP contribution in [0.1, 0.15) is 18.1 Å². The van der Waals surface area contributed by atoms with Gasteiger partial charge in [0.2, 0.25) is 6.79 Å². The highest BCUT2D eigenvalue weighted by Crippen LogP contribution is 2.32. The molecule has 0 radical (unpaired) electrons. The summed E-state index contributed by atoms with van der Waals surface area (Å²) < 4.78 is 29.1. The van der Waals surface area contributed by atoms with E-state index in [1.165, 1.54) is 25.1 Å². The van der Waals surface area contributed by atoms with Gasteiger partial charge >= 0.3 is 5.97 Å². The molecule has 1 amide bonds. The summed E-state index contributed by atoms with van der Waals surface area (Å²) in [5, 5.41) is 2.68. The van der Waals surface area contributed by atoms with Crippen molar-refractivity contribution < 1.29 is 28.2 Å². The van der Waals surface area contributed by atoms with Crippen LogP contribution in [0.15, 0.2) is 42.5 Å². The van der Waals surface area contributed by atoms with Gasteiger partial charge in [-0.05, 0) is 36.2 Å². The molecule has 3 rings (SSSR count). The molecule has 1 aliphatic heterocycles. The standard InChI is InChI=1S/C19H18FNO5/c1-12(26-18(22)9-14-4-2-3-5-15(14)20)19(23)21-10-13-6-7-16-17(8-13)25-11-24-16/h2-8,12H,9-11H2,1H3,(H,21,23)/t12-/m1/s1. The Bertz CT molecular complexity index is 823. The number of hydrogen-bond acceptors (Lipinski definition) is 5. The zero-order chi connectivity index (χ0) is 18.5. The van der Waals surface area contributed by atoms with Gasteiger partial charge in [-0.1, -0.05) is 24.3 Å². The maximum absolute atomic E-state index is 13.5. The van der Waals surface area contributed by atoms with Crippen molar-refractivity contribution in [3.63, 3.8) is 0 Å². The van der Waals surface area contributed by atoms with Gasteiger partial charge in [-0.15, -0.1) is 0 Å².